The lowest BCUT2D eigenvalue weighted by Crippen LogP contribution is -2.07. The van der Waals surface area contributed by atoms with Gasteiger partial charge in [0, 0.05) is 6.61 Å². The number of aliphatic hydroxyl groups excluding tert-OH is 1. The van der Waals surface area contributed by atoms with Gasteiger partial charge in [-0.1, -0.05) is 0 Å². The minimum atomic E-state index is -0.0917. The van der Waals surface area contributed by atoms with Gasteiger partial charge in [-0.15, -0.1) is 0 Å². The van der Waals surface area contributed by atoms with Gasteiger partial charge in [-0.25, -0.2) is 0 Å². The van der Waals surface area contributed by atoms with E-state index in [1.165, 1.54) is 0 Å². The van der Waals surface area contributed by atoms with E-state index in [1.807, 2.05) is 0 Å². The Labute approximate surface area is 66.4 Å². The van der Waals surface area contributed by atoms with Gasteiger partial charge in [-0.3, -0.25) is 4.79 Å². The van der Waals surface area contributed by atoms with E-state index in [0.717, 1.165) is 12.8 Å². The van der Waals surface area contributed by atoms with E-state index < -0.39 is 0 Å². The highest BCUT2D eigenvalue weighted by atomic mass is 16.5. The average Bonchev–Trinajstić information content (AvgIpc) is 2.69. The molecule has 0 aliphatic heterocycles. The molecule has 1 N–H and O–H groups in total. The molecule has 0 aromatic carbocycles. The molecule has 1 aliphatic carbocycles. The van der Waals surface area contributed by atoms with Crippen molar-refractivity contribution in [3.8, 4) is 0 Å². The molecule has 1 aliphatic rings. The van der Waals surface area contributed by atoms with Crippen LogP contribution in [-0.4, -0.2) is 24.3 Å². The molecule has 11 heavy (non-hydrogen) atoms. The van der Waals surface area contributed by atoms with Crippen LogP contribution in [-0.2, 0) is 9.53 Å². The number of ether oxygens (including phenoxy) is 1. The third-order valence-electron chi connectivity index (χ3n) is 2.01. The van der Waals surface area contributed by atoms with Gasteiger partial charge in [0.25, 0.3) is 0 Å². The van der Waals surface area contributed by atoms with E-state index >= 15 is 0 Å². The van der Waals surface area contributed by atoms with Crippen molar-refractivity contribution in [2.24, 2.45) is 11.8 Å². The molecule has 0 saturated heterocycles. The number of aliphatic hydroxyl groups is 1. The summed E-state index contributed by atoms with van der Waals surface area (Å²) >= 11 is 0. The maximum Gasteiger partial charge on any atom is 0.309 e. The van der Waals surface area contributed by atoms with Crippen LogP contribution in [0.4, 0.5) is 0 Å². The number of carbonyl (C=O) groups is 1. The topological polar surface area (TPSA) is 46.5 Å². The van der Waals surface area contributed by atoms with Crippen molar-refractivity contribution in [1.82, 2.24) is 0 Å². The molecule has 0 aromatic heterocycles. The maximum absolute atomic E-state index is 11.0. The smallest absolute Gasteiger partial charge is 0.309 e. The van der Waals surface area contributed by atoms with Gasteiger partial charge in [-0.05, 0) is 25.7 Å². The predicted octanol–water partition coefficient (Wildman–Crippen LogP) is 0.568. The molecule has 0 radical (unpaired) electrons. The zero-order valence-electron chi connectivity index (χ0n) is 6.75. The fourth-order valence-corrected chi connectivity index (χ4v) is 1.27. The normalized spacial score (nSPS) is 28.2. The Bertz CT molecular complexity index is 144. The quantitative estimate of drug-likeness (QED) is 0.608. The van der Waals surface area contributed by atoms with Crippen LogP contribution in [0.2, 0.25) is 0 Å². The summed E-state index contributed by atoms with van der Waals surface area (Å²) in [5.41, 5.74) is 0. The molecule has 0 unspecified atom stereocenters. The number of carbonyl (C=O) groups excluding carboxylic acids is 1. The highest BCUT2D eigenvalue weighted by Gasteiger charge is 2.43. The molecule has 3 nitrogen and oxygen atoms in total. The second-order valence-corrected chi connectivity index (χ2v) is 2.87. The van der Waals surface area contributed by atoms with Crippen molar-refractivity contribution in [1.29, 1.82) is 0 Å². The first-order valence-electron chi connectivity index (χ1n) is 4.07. The fraction of sp³-hybridized carbons (Fsp3) is 0.875. The summed E-state index contributed by atoms with van der Waals surface area (Å²) in [6, 6.07) is 0. The van der Waals surface area contributed by atoms with E-state index in [2.05, 4.69) is 0 Å². The average molecular weight is 158 g/mol. The third kappa shape index (κ3) is 2.19. The van der Waals surface area contributed by atoms with Crippen molar-refractivity contribution in [2.75, 3.05) is 13.2 Å². The van der Waals surface area contributed by atoms with E-state index in [-0.39, 0.29) is 18.5 Å². The van der Waals surface area contributed by atoms with Crippen LogP contribution in [0.5, 0.6) is 0 Å². The molecular weight excluding hydrogens is 144 g/mol. The summed E-state index contributed by atoms with van der Waals surface area (Å²) < 4.78 is 4.82. The van der Waals surface area contributed by atoms with E-state index in [0.29, 0.717) is 12.5 Å². The minimum absolute atomic E-state index is 0.0853. The molecule has 0 spiro atoms. The van der Waals surface area contributed by atoms with Crippen LogP contribution in [0.1, 0.15) is 19.8 Å². The lowest BCUT2D eigenvalue weighted by molar-refractivity contribution is -0.145. The van der Waals surface area contributed by atoms with Gasteiger partial charge < -0.3 is 9.84 Å². The lowest BCUT2D eigenvalue weighted by Gasteiger charge is -1.98. The summed E-state index contributed by atoms with van der Waals surface area (Å²) in [4.78, 5) is 11.0. The molecular formula is C8H14O3. The molecule has 1 fully saturated rings. The van der Waals surface area contributed by atoms with Crippen molar-refractivity contribution in [2.45, 2.75) is 19.8 Å². The number of rotatable bonds is 4. The molecule has 0 aromatic rings. The molecule has 1 rings (SSSR count). The Morgan fingerprint density at radius 2 is 2.45 bits per heavy atom. The maximum atomic E-state index is 11.0. The highest BCUT2D eigenvalue weighted by Crippen LogP contribution is 2.41. The first-order chi connectivity index (χ1) is 5.29. The first kappa shape index (κ1) is 8.53. The van der Waals surface area contributed by atoms with Crippen molar-refractivity contribution >= 4 is 5.97 Å². The predicted molar refractivity (Wildman–Crippen MR) is 39.9 cm³/mol. The Balaban J connectivity index is 2.15. The monoisotopic (exact) mass is 158 g/mol. The second-order valence-electron chi connectivity index (χ2n) is 2.87. The fourth-order valence-electron chi connectivity index (χ4n) is 1.27. The molecule has 0 amide bonds. The first-order valence-corrected chi connectivity index (χ1v) is 4.07. The largest absolute Gasteiger partial charge is 0.466 e. The number of hydrogen-bond acceptors (Lipinski definition) is 3. The zero-order valence-corrected chi connectivity index (χ0v) is 6.75. The molecule has 2 atom stereocenters. The van der Waals surface area contributed by atoms with Gasteiger partial charge in [0.05, 0.1) is 12.5 Å². The molecule has 3 heteroatoms. The highest BCUT2D eigenvalue weighted by molar-refractivity contribution is 5.75. The van der Waals surface area contributed by atoms with Crippen LogP contribution in [0.15, 0.2) is 0 Å². The van der Waals surface area contributed by atoms with Crippen molar-refractivity contribution in [3.63, 3.8) is 0 Å². The zero-order chi connectivity index (χ0) is 8.27. The van der Waals surface area contributed by atoms with Gasteiger partial charge in [0.15, 0.2) is 0 Å². The Morgan fingerprint density at radius 3 is 3.00 bits per heavy atom. The molecule has 0 bridgehead atoms. The van der Waals surface area contributed by atoms with E-state index in [9.17, 15) is 4.79 Å². The van der Waals surface area contributed by atoms with Crippen LogP contribution < -0.4 is 0 Å². The van der Waals surface area contributed by atoms with Gasteiger partial charge in [0.1, 0.15) is 0 Å². The van der Waals surface area contributed by atoms with Crippen LogP contribution in [0, 0.1) is 11.8 Å². The lowest BCUT2D eigenvalue weighted by atomic mass is 10.2. The summed E-state index contributed by atoms with van der Waals surface area (Å²) in [6.45, 7) is 2.45. The Kier molecular flexibility index (Phi) is 2.88. The second kappa shape index (κ2) is 3.72. The number of esters is 1. The number of hydrogen-bond donors (Lipinski definition) is 1. The summed E-state index contributed by atoms with van der Waals surface area (Å²) in [5, 5.41) is 8.55. The Hall–Kier alpha value is -0.570. The SMILES string of the molecule is CCOC(=O)[C@H]1C[C@@H]1CCO. The van der Waals surface area contributed by atoms with E-state index in [1.54, 1.807) is 6.92 Å². The summed E-state index contributed by atoms with van der Waals surface area (Å²) in [5.74, 6) is 0.382. The molecule has 1 saturated carbocycles. The van der Waals surface area contributed by atoms with Crippen LogP contribution >= 0.6 is 0 Å². The molecule has 64 valence electrons. The van der Waals surface area contributed by atoms with Gasteiger partial charge >= 0.3 is 5.97 Å². The van der Waals surface area contributed by atoms with E-state index in [4.69, 9.17) is 9.84 Å². The third-order valence-corrected chi connectivity index (χ3v) is 2.01. The van der Waals surface area contributed by atoms with Gasteiger partial charge in [0.2, 0.25) is 0 Å². The Morgan fingerprint density at radius 1 is 1.73 bits per heavy atom. The van der Waals surface area contributed by atoms with Crippen LogP contribution in [0.25, 0.3) is 0 Å². The summed E-state index contributed by atoms with van der Waals surface area (Å²) in [7, 11) is 0. The van der Waals surface area contributed by atoms with Crippen molar-refractivity contribution < 1.29 is 14.6 Å². The van der Waals surface area contributed by atoms with Crippen molar-refractivity contribution in [3.05, 3.63) is 0 Å². The molecule has 0 heterocycles. The van der Waals surface area contributed by atoms with Gasteiger partial charge in [-0.2, -0.15) is 0 Å². The van der Waals surface area contributed by atoms with Crippen LogP contribution in [0.3, 0.4) is 0 Å². The minimum Gasteiger partial charge on any atom is -0.466 e. The summed E-state index contributed by atoms with van der Waals surface area (Å²) in [6.07, 6.45) is 1.64. The standard InChI is InChI=1S/C8H14O3/c1-2-11-8(10)7-5-6(7)3-4-9/h6-7,9H,2-5H2,1H3/t6-,7-/m0/s1.